The second-order valence-corrected chi connectivity index (χ2v) is 12.2. The van der Waals surface area contributed by atoms with Crippen LogP contribution in [0.15, 0.2) is 0 Å². The fourth-order valence-electron chi connectivity index (χ4n) is 8.53. The van der Waals surface area contributed by atoms with Crippen molar-refractivity contribution < 1.29 is 10.2 Å². The van der Waals surface area contributed by atoms with Crippen molar-refractivity contribution in [1.82, 2.24) is 0 Å². The molecule has 7 unspecified atom stereocenters. The molecule has 3 rings (SSSR count). The summed E-state index contributed by atoms with van der Waals surface area (Å²) in [5.41, 5.74) is 7.04. The number of hydrogen-bond acceptors (Lipinski definition) is 3. The maximum atomic E-state index is 8.07. The molecule has 4 N–H and O–H groups in total. The van der Waals surface area contributed by atoms with Crippen molar-refractivity contribution in [2.24, 2.45) is 52.1 Å². The summed E-state index contributed by atoms with van der Waals surface area (Å²) in [7, 11) is 1.00. The lowest BCUT2D eigenvalue weighted by molar-refractivity contribution is -0.0789. The molecule has 0 aromatic heterocycles. The van der Waals surface area contributed by atoms with E-state index in [2.05, 4.69) is 54.4 Å². The number of fused-ring (bicyclic) bond motifs is 1. The summed E-state index contributed by atoms with van der Waals surface area (Å²) < 4.78 is 0. The second-order valence-electron chi connectivity index (χ2n) is 12.2. The molecular formula is C32H63NO2. The number of hydrogen-bond donors (Lipinski definition) is 3. The van der Waals surface area contributed by atoms with E-state index < -0.39 is 0 Å². The minimum absolute atomic E-state index is 0.344. The maximum absolute atomic E-state index is 8.07. The second kappa shape index (κ2) is 17.8. The van der Waals surface area contributed by atoms with Gasteiger partial charge in [-0.3, -0.25) is 0 Å². The molecule has 0 aromatic carbocycles. The van der Waals surface area contributed by atoms with E-state index in [1.54, 1.807) is 0 Å². The van der Waals surface area contributed by atoms with Crippen molar-refractivity contribution in [3.63, 3.8) is 0 Å². The Kier molecular flexibility index (Phi) is 17.5. The lowest BCUT2D eigenvalue weighted by Gasteiger charge is -2.57. The van der Waals surface area contributed by atoms with Crippen LogP contribution in [-0.4, -0.2) is 30.5 Å². The van der Waals surface area contributed by atoms with Crippen LogP contribution in [0.4, 0.5) is 0 Å². The van der Waals surface area contributed by atoms with Crippen molar-refractivity contribution in [1.29, 1.82) is 0 Å². The van der Waals surface area contributed by atoms with Gasteiger partial charge in [-0.15, -0.1) is 12.8 Å². The smallest absolute Gasteiger partial charge is 0.0430 e. The first kappa shape index (κ1) is 34.4. The molecule has 208 valence electrons. The average molecular weight is 494 g/mol. The van der Waals surface area contributed by atoms with E-state index in [0.29, 0.717) is 17.4 Å². The Hall–Kier alpha value is -0.560. The van der Waals surface area contributed by atoms with Gasteiger partial charge in [0.25, 0.3) is 0 Å². The first-order chi connectivity index (χ1) is 16.8. The van der Waals surface area contributed by atoms with Gasteiger partial charge < -0.3 is 15.9 Å². The molecule has 3 nitrogen and oxygen atoms in total. The highest BCUT2D eigenvalue weighted by Crippen LogP contribution is 2.65. The number of terminal acetylenes is 1. The van der Waals surface area contributed by atoms with Gasteiger partial charge >= 0.3 is 0 Å². The molecule has 3 heteroatoms. The SMILES string of the molecule is C#C.CCC1C(C2(C)CCCCC2C)CCC2(C)C1CCC2[C@H](C)CCCN.CCCCO.CO. The fraction of sp³-hybridized carbons (Fsp3) is 0.938. The number of nitrogens with two attached hydrogens (primary N) is 1. The zero-order valence-corrected chi connectivity index (χ0v) is 24.7. The van der Waals surface area contributed by atoms with E-state index in [4.69, 9.17) is 15.9 Å². The topological polar surface area (TPSA) is 66.5 Å². The van der Waals surface area contributed by atoms with Crippen LogP contribution in [0.3, 0.4) is 0 Å². The summed E-state index contributed by atoms with van der Waals surface area (Å²) in [6.45, 7) is 16.3. The molecule has 3 saturated carbocycles. The number of aliphatic hydroxyl groups excluding tert-OH is 2. The van der Waals surface area contributed by atoms with Gasteiger partial charge in [-0.05, 0) is 104 Å². The summed E-state index contributed by atoms with van der Waals surface area (Å²) in [6, 6.07) is 0. The van der Waals surface area contributed by atoms with Crippen LogP contribution < -0.4 is 5.73 Å². The largest absolute Gasteiger partial charge is 0.400 e. The quantitative estimate of drug-likeness (QED) is 0.304. The molecule has 8 atom stereocenters. The van der Waals surface area contributed by atoms with Crippen LogP contribution in [0.1, 0.15) is 125 Å². The minimum atomic E-state index is 0.344. The van der Waals surface area contributed by atoms with Crippen LogP contribution in [-0.2, 0) is 0 Å². The summed E-state index contributed by atoms with van der Waals surface area (Å²) in [4.78, 5) is 0. The third-order valence-electron chi connectivity index (χ3n) is 10.6. The van der Waals surface area contributed by atoms with Crippen LogP contribution in [0.25, 0.3) is 0 Å². The zero-order chi connectivity index (χ0) is 27.1. The van der Waals surface area contributed by atoms with Gasteiger partial charge in [-0.1, -0.05) is 73.6 Å². The highest BCUT2D eigenvalue weighted by Gasteiger charge is 2.57. The molecule has 3 aliphatic carbocycles. The fourth-order valence-corrected chi connectivity index (χ4v) is 8.53. The van der Waals surface area contributed by atoms with Gasteiger partial charge in [0, 0.05) is 13.7 Å². The van der Waals surface area contributed by atoms with Crippen molar-refractivity contribution >= 4 is 0 Å². The third kappa shape index (κ3) is 8.48. The van der Waals surface area contributed by atoms with Gasteiger partial charge in [0.15, 0.2) is 0 Å². The van der Waals surface area contributed by atoms with Gasteiger partial charge in [0.1, 0.15) is 0 Å². The lowest BCUT2D eigenvalue weighted by Crippen LogP contribution is -2.49. The normalized spacial score (nSPS) is 36.7. The molecule has 0 saturated heterocycles. The van der Waals surface area contributed by atoms with Gasteiger partial charge in [0.2, 0.25) is 0 Å². The van der Waals surface area contributed by atoms with Crippen LogP contribution in [0, 0.1) is 59.2 Å². The molecule has 3 fully saturated rings. The first-order valence-corrected chi connectivity index (χ1v) is 14.9. The summed E-state index contributed by atoms with van der Waals surface area (Å²) in [6.07, 6.45) is 25.9. The molecule has 0 amide bonds. The molecule has 0 aliphatic heterocycles. The van der Waals surface area contributed by atoms with E-state index in [0.717, 1.165) is 62.0 Å². The molecule has 0 aromatic rings. The summed E-state index contributed by atoms with van der Waals surface area (Å²) in [5.74, 6) is 5.70. The van der Waals surface area contributed by atoms with Crippen LogP contribution in [0.5, 0.6) is 0 Å². The predicted octanol–water partition coefficient (Wildman–Crippen LogP) is 7.68. The van der Waals surface area contributed by atoms with E-state index in [-0.39, 0.29) is 0 Å². The Labute approximate surface area is 220 Å². The molecule has 0 radical (unpaired) electrons. The Morgan fingerprint density at radius 2 is 1.54 bits per heavy atom. The number of unbranched alkanes of at least 4 members (excludes halogenated alkanes) is 1. The molecule has 0 spiro atoms. The Balaban J connectivity index is 0.00000112. The average Bonchev–Trinajstić information content (AvgIpc) is 3.24. The van der Waals surface area contributed by atoms with Crippen LogP contribution in [0.2, 0.25) is 0 Å². The van der Waals surface area contributed by atoms with Gasteiger partial charge in [-0.2, -0.15) is 0 Å². The van der Waals surface area contributed by atoms with E-state index in [1.807, 2.05) is 0 Å². The minimum Gasteiger partial charge on any atom is -0.400 e. The highest BCUT2D eigenvalue weighted by molar-refractivity contribution is 5.06. The van der Waals surface area contributed by atoms with Crippen molar-refractivity contribution in [3.8, 4) is 12.8 Å². The molecule has 3 aliphatic rings. The predicted molar refractivity (Wildman–Crippen MR) is 154 cm³/mol. The maximum Gasteiger partial charge on any atom is 0.0430 e. The van der Waals surface area contributed by atoms with Crippen molar-refractivity contribution in [2.45, 2.75) is 125 Å². The summed E-state index contributed by atoms with van der Waals surface area (Å²) >= 11 is 0. The molecule has 0 heterocycles. The Bertz CT molecular complexity index is 547. The number of rotatable bonds is 8. The monoisotopic (exact) mass is 493 g/mol. The Morgan fingerprint density at radius 1 is 0.914 bits per heavy atom. The zero-order valence-electron chi connectivity index (χ0n) is 24.7. The summed E-state index contributed by atoms with van der Waals surface area (Å²) in [5, 5.41) is 15.1. The first-order valence-electron chi connectivity index (χ1n) is 14.9. The van der Waals surface area contributed by atoms with E-state index >= 15 is 0 Å². The molecule has 0 bridgehead atoms. The Morgan fingerprint density at radius 3 is 2.03 bits per heavy atom. The molecule has 35 heavy (non-hydrogen) atoms. The lowest BCUT2D eigenvalue weighted by atomic mass is 9.48. The van der Waals surface area contributed by atoms with Crippen molar-refractivity contribution in [3.05, 3.63) is 0 Å². The van der Waals surface area contributed by atoms with E-state index in [9.17, 15) is 0 Å². The number of aliphatic hydroxyl groups is 2. The van der Waals surface area contributed by atoms with Gasteiger partial charge in [-0.25, -0.2) is 0 Å². The highest BCUT2D eigenvalue weighted by atomic mass is 16.3. The van der Waals surface area contributed by atoms with E-state index in [1.165, 1.54) is 70.6 Å². The standard InChI is InChI=1S/C25H47N.C4H10O.C2H2.CH4O/c1-6-20-22-13-12-21(18(2)10-9-17-26)25(22,5)16-14-23(20)24(4)15-8-7-11-19(24)3;1-2-3-4-5;2*1-2/h18-23H,6-17,26H2,1-5H3;5H,2-4H2,1H3;1-2H;2H,1H3/t18-,19?,20?,21?,22?,23?,24?,25?;;;/m1.../s1. The third-order valence-corrected chi connectivity index (χ3v) is 10.6. The van der Waals surface area contributed by atoms with Crippen molar-refractivity contribution in [2.75, 3.05) is 20.3 Å². The molecular weight excluding hydrogens is 430 g/mol. The van der Waals surface area contributed by atoms with Gasteiger partial charge in [0.05, 0.1) is 0 Å². The van der Waals surface area contributed by atoms with Crippen LogP contribution >= 0.6 is 0 Å².